The van der Waals surface area contributed by atoms with E-state index in [0.717, 1.165) is 11.3 Å². The number of aromatic nitrogens is 1. The Morgan fingerprint density at radius 1 is 1.14 bits per heavy atom. The van der Waals surface area contributed by atoms with Crippen LogP contribution in [0.4, 0.5) is 5.69 Å². The van der Waals surface area contributed by atoms with Gasteiger partial charge in [-0.1, -0.05) is 29.0 Å². The molecule has 3 heterocycles. The minimum atomic E-state index is -0.852. The maximum absolute atomic E-state index is 13.8. The van der Waals surface area contributed by atoms with Crippen molar-refractivity contribution in [3.63, 3.8) is 0 Å². The van der Waals surface area contributed by atoms with Crippen molar-refractivity contribution in [3.05, 3.63) is 106 Å². The van der Waals surface area contributed by atoms with E-state index in [2.05, 4.69) is 4.99 Å². The molecule has 0 bridgehead atoms. The Morgan fingerprint density at radius 3 is 2.62 bits per heavy atom. The molecule has 0 spiro atoms. The van der Waals surface area contributed by atoms with Crippen molar-refractivity contribution in [2.75, 3.05) is 20.3 Å². The Kier molecular flexibility index (Phi) is 8.27. The van der Waals surface area contributed by atoms with Crippen LogP contribution in [0.2, 0.25) is 5.02 Å². The highest BCUT2D eigenvalue weighted by molar-refractivity contribution is 7.07. The molecule has 0 amide bonds. The summed E-state index contributed by atoms with van der Waals surface area (Å²) in [7, 11) is 1.26. The first-order chi connectivity index (χ1) is 20.2. The maximum atomic E-state index is 13.8. The quantitative estimate of drug-likeness (QED) is 0.152. The van der Waals surface area contributed by atoms with Crippen LogP contribution in [0, 0.1) is 10.1 Å². The third-order valence-corrected chi connectivity index (χ3v) is 7.56. The van der Waals surface area contributed by atoms with E-state index in [1.807, 2.05) is 13.8 Å². The third-order valence-electron chi connectivity index (χ3n) is 6.33. The second-order valence-corrected chi connectivity index (χ2v) is 10.3. The number of carbonyl (C=O) groups is 1. The van der Waals surface area contributed by atoms with Gasteiger partial charge in [-0.25, -0.2) is 9.79 Å². The Balaban J connectivity index is 1.61. The van der Waals surface area contributed by atoms with Gasteiger partial charge in [0.2, 0.25) is 0 Å². The summed E-state index contributed by atoms with van der Waals surface area (Å²) in [6.45, 7) is 4.52. The van der Waals surface area contributed by atoms with Gasteiger partial charge in [0.05, 0.1) is 47.0 Å². The molecule has 0 saturated heterocycles. The fourth-order valence-electron chi connectivity index (χ4n) is 4.56. The van der Waals surface area contributed by atoms with E-state index in [-0.39, 0.29) is 32.1 Å². The number of benzene rings is 2. The molecule has 216 valence electrons. The highest BCUT2D eigenvalue weighted by Gasteiger charge is 2.31. The molecule has 2 aromatic carbocycles. The number of hydrogen-bond acceptors (Lipinski definition) is 10. The lowest BCUT2D eigenvalue weighted by atomic mass is 9.97. The number of methoxy groups -OCH3 is 1. The molecular formula is C29H24ClN3O8S. The summed E-state index contributed by atoms with van der Waals surface area (Å²) in [5.74, 6) is 0.905. The number of carbonyl (C=O) groups excluding carboxylic acids is 1. The van der Waals surface area contributed by atoms with Crippen molar-refractivity contribution in [1.29, 1.82) is 0 Å². The number of fused-ring (bicyclic) bond motifs is 1. The first-order valence-corrected chi connectivity index (χ1v) is 14.0. The number of furan rings is 1. The Morgan fingerprint density at radius 2 is 1.90 bits per heavy atom. The fraction of sp³-hybridized carbons (Fsp3) is 0.207. The van der Waals surface area contributed by atoms with Crippen molar-refractivity contribution < 1.29 is 28.3 Å². The van der Waals surface area contributed by atoms with Crippen molar-refractivity contribution in [2.24, 2.45) is 4.99 Å². The molecule has 0 N–H and O–H groups in total. The van der Waals surface area contributed by atoms with Crippen LogP contribution in [-0.4, -0.2) is 35.8 Å². The molecule has 0 radical (unpaired) electrons. The minimum absolute atomic E-state index is 0.165. The smallest absolute Gasteiger partial charge is 0.337 e. The summed E-state index contributed by atoms with van der Waals surface area (Å²) in [4.78, 5) is 42.3. The number of nitrogens with zero attached hydrogens (tertiary/aromatic N) is 3. The van der Waals surface area contributed by atoms with E-state index in [9.17, 15) is 19.7 Å². The second-order valence-electron chi connectivity index (χ2n) is 8.87. The molecule has 42 heavy (non-hydrogen) atoms. The van der Waals surface area contributed by atoms with Crippen molar-refractivity contribution in [1.82, 2.24) is 4.57 Å². The number of esters is 1. The molecule has 0 fully saturated rings. The molecule has 2 aromatic heterocycles. The van der Waals surface area contributed by atoms with Crippen LogP contribution < -0.4 is 24.4 Å². The van der Waals surface area contributed by atoms with Crippen molar-refractivity contribution >= 4 is 40.7 Å². The fourth-order valence-corrected chi connectivity index (χ4v) is 5.67. The molecular weight excluding hydrogens is 586 g/mol. The van der Waals surface area contributed by atoms with Crippen LogP contribution in [0.25, 0.3) is 17.4 Å². The Bertz CT molecular complexity index is 1910. The summed E-state index contributed by atoms with van der Waals surface area (Å²) in [5, 5.41) is 11.8. The zero-order chi connectivity index (χ0) is 30.0. The molecule has 5 rings (SSSR count). The lowest BCUT2D eigenvalue weighted by Gasteiger charge is -2.23. The summed E-state index contributed by atoms with van der Waals surface area (Å²) in [6, 6.07) is 11.8. The lowest BCUT2D eigenvalue weighted by molar-refractivity contribution is -0.384. The molecule has 1 atom stereocenters. The van der Waals surface area contributed by atoms with Gasteiger partial charge >= 0.3 is 5.97 Å². The van der Waals surface area contributed by atoms with Crippen molar-refractivity contribution in [2.45, 2.75) is 19.9 Å². The van der Waals surface area contributed by atoms with Gasteiger partial charge in [-0.15, -0.1) is 0 Å². The third kappa shape index (κ3) is 5.46. The number of hydrogen-bond donors (Lipinski definition) is 0. The van der Waals surface area contributed by atoms with Gasteiger partial charge in [-0.2, -0.15) is 0 Å². The second kappa shape index (κ2) is 12.0. The van der Waals surface area contributed by atoms with Gasteiger partial charge in [0.15, 0.2) is 16.3 Å². The Hall–Kier alpha value is -4.68. The highest BCUT2D eigenvalue weighted by atomic mass is 35.5. The standard InChI is InChI=1S/C29H24ClN3O8S/c1-4-39-23-10-6-16(12-24(23)40-5-2)26-20(28(35)38-3)15-31-29-32(26)27(34)25(42-29)14-18-8-11-22(41-18)19-9-7-17(30)13-21(19)33(36)37/h6-15,26H,4-5H2,1-3H3/b25-14+/t26-/m0/s1. The summed E-state index contributed by atoms with van der Waals surface area (Å²) in [6.07, 6.45) is 2.92. The first-order valence-electron chi connectivity index (χ1n) is 12.8. The van der Waals surface area contributed by atoms with Gasteiger partial charge in [-0.3, -0.25) is 19.5 Å². The van der Waals surface area contributed by atoms with Gasteiger partial charge in [0.25, 0.3) is 11.2 Å². The maximum Gasteiger partial charge on any atom is 0.337 e. The number of rotatable bonds is 9. The number of nitro groups is 1. The van der Waals surface area contributed by atoms with Crippen LogP contribution in [0.3, 0.4) is 0 Å². The molecule has 0 saturated carbocycles. The summed E-state index contributed by atoms with van der Waals surface area (Å²) in [5.41, 5.74) is 0.379. The molecule has 13 heteroatoms. The molecule has 4 aromatic rings. The highest BCUT2D eigenvalue weighted by Crippen LogP contribution is 2.36. The zero-order valence-electron chi connectivity index (χ0n) is 22.7. The molecule has 1 aliphatic heterocycles. The molecule has 0 aliphatic carbocycles. The molecule has 11 nitrogen and oxygen atoms in total. The van der Waals surface area contributed by atoms with E-state index in [1.54, 1.807) is 30.3 Å². The lowest BCUT2D eigenvalue weighted by Crippen LogP contribution is -2.39. The van der Waals surface area contributed by atoms with E-state index in [1.165, 1.54) is 42.2 Å². The number of ether oxygens (including phenoxy) is 3. The van der Waals surface area contributed by atoms with Crippen LogP contribution >= 0.6 is 22.9 Å². The van der Waals surface area contributed by atoms with Crippen LogP contribution in [-0.2, 0) is 9.53 Å². The number of halogens is 1. The molecule has 1 aliphatic rings. The van der Waals surface area contributed by atoms with Gasteiger partial charge in [0.1, 0.15) is 11.5 Å². The van der Waals surface area contributed by atoms with E-state index < -0.39 is 22.5 Å². The predicted molar refractivity (Wildman–Crippen MR) is 156 cm³/mol. The average molecular weight is 610 g/mol. The van der Waals surface area contributed by atoms with Crippen LogP contribution in [0.15, 0.2) is 74.5 Å². The predicted octanol–water partition coefficient (Wildman–Crippen LogP) is 4.64. The topological polar surface area (TPSA) is 135 Å². The zero-order valence-corrected chi connectivity index (χ0v) is 24.2. The Labute approximate surface area is 247 Å². The van der Waals surface area contributed by atoms with Gasteiger partial charge in [-0.05, 0) is 55.8 Å². The van der Waals surface area contributed by atoms with Crippen molar-refractivity contribution in [3.8, 4) is 22.8 Å². The SMILES string of the molecule is CCOc1ccc([C@H]2C(C(=O)OC)=CN=c3s/c(=C/c4ccc(-c5ccc(Cl)cc5[N+](=O)[O-])o4)c(=O)n32)cc1OCC. The summed E-state index contributed by atoms with van der Waals surface area (Å²) < 4.78 is 24.0. The van der Waals surface area contributed by atoms with E-state index in [4.69, 9.17) is 30.2 Å². The monoisotopic (exact) mass is 609 g/mol. The van der Waals surface area contributed by atoms with Crippen LogP contribution in [0.1, 0.15) is 31.2 Å². The van der Waals surface area contributed by atoms with E-state index >= 15 is 0 Å². The minimum Gasteiger partial charge on any atom is -0.490 e. The largest absolute Gasteiger partial charge is 0.490 e. The normalized spacial score (nSPS) is 14.5. The summed E-state index contributed by atoms with van der Waals surface area (Å²) >= 11 is 7.04. The number of nitro benzene ring substituents is 1. The van der Waals surface area contributed by atoms with Gasteiger partial charge < -0.3 is 18.6 Å². The van der Waals surface area contributed by atoms with Gasteiger partial charge in [0, 0.05) is 23.4 Å². The van der Waals surface area contributed by atoms with Crippen LogP contribution in [0.5, 0.6) is 11.5 Å². The first kappa shape index (κ1) is 28.8. The average Bonchev–Trinajstić information content (AvgIpc) is 3.57. The van der Waals surface area contributed by atoms with E-state index in [0.29, 0.717) is 40.8 Å². The number of thiazole rings is 1. The molecule has 0 unspecified atom stereocenters.